The third-order valence-electron chi connectivity index (χ3n) is 2.95. The second-order valence-electron chi connectivity index (χ2n) is 4.11. The van der Waals surface area contributed by atoms with E-state index in [4.69, 9.17) is 5.11 Å². The van der Waals surface area contributed by atoms with Crippen LogP contribution in [0.5, 0.6) is 0 Å². The van der Waals surface area contributed by atoms with Crippen molar-refractivity contribution in [1.29, 1.82) is 0 Å². The molecule has 0 aromatic rings. The number of carbonyl (C=O) groups is 1. The molecule has 0 bridgehead atoms. The van der Waals surface area contributed by atoms with Crippen LogP contribution in [0.15, 0.2) is 0 Å². The largest absolute Gasteiger partial charge is 0.396 e. The Kier molecular flexibility index (Phi) is 1.83. The van der Waals surface area contributed by atoms with Gasteiger partial charge in [0.25, 0.3) is 0 Å². The van der Waals surface area contributed by atoms with Crippen molar-refractivity contribution in [3.8, 4) is 0 Å². The Morgan fingerprint density at radius 2 is 2.17 bits per heavy atom. The summed E-state index contributed by atoms with van der Waals surface area (Å²) in [5.41, 5.74) is 0. The van der Waals surface area contributed by atoms with Crippen LogP contribution in [0, 0.1) is 17.8 Å². The second kappa shape index (κ2) is 2.73. The zero-order valence-corrected chi connectivity index (χ0v) is 7.36. The second-order valence-corrected chi connectivity index (χ2v) is 4.11. The number of hydrogen-bond acceptors (Lipinski definition) is 2. The third-order valence-corrected chi connectivity index (χ3v) is 2.95. The maximum atomic E-state index is 11.5. The number of amides is 1. The summed E-state index contributed by atoms with van der Waals surface area (Å²) in [4.78, 5) is 13.4. The molecular formula is C9H15NO2. The van der Waals surface area contributed by atoms with E-state index in [1.54, 1.807) is 0 Å². The number of likely N-dealkylation sites (tertiary alicyclic amines) is 1. The van der Waals surface area contributed by atoms with Crippen LogP contribution in [0.25, 0.3) is 0 Å². The lowest BCUT2D eigenvalue weighted by molar-refractivity contribution is -0.140. The summed E-state index contributed by atoms with van der Waals surface area (Å²) in [6.45, 7) is 3.90. The topological polar surface area (TPSA) is 40.5 Å². The number of hydrogen-bond donors (Lipinski definition) is 1. The van der Waals surface area contributed by atoms with E-state index >= 15 is 0 Å². The molecule has 0 radical (unpaired) electrons. The Balaban J connectivity index is 1.77. The van der Waals surface area contributed by atoms with E-state index < -0.39 is 0 Å². The molecule has 1 N–H and O–H groups in total. The molecule has 2 aliphatic rings. The lowest BCUT2D eigenvalue weighted by atomic mass is 10.0. The highest BCUT2D eigenvalue weighted by Gasteiger charge is 2.44. The highest BCUT2D eigenvalue weighted by Crippen LogP contribution is 2.40. The first-order valence-electron chi connectivity index (χ1n) is 4.62. The molecule has 12 heavy (non-hydrogen) atoms. The van der Waals surface area contributed by atoms with E-state index in [2.05, 4.69) is 6.92 Å². The Morgan fingerprint density at radius 3 is 2.58 bits per heavy atom. The SMILES string of the molecule is CC1CC1C(=O)N1CC(CO)C1. The number of aliphatic hydroxyl groups excluding tert-OH is 1. The average molecular weight is 169 g/mol. The number of aliphatic hydroxyl groups is 1. The van der Waals surface area contributed by atoms with Crippen molar-refractivity contribution in [2.24, 2.45) is 17.8 Å². The van der Waals surface area contributed by atoms with Gasteiger partial charge in [0, 0.05) is 31.5 Å². The summed E-state index contributed by atoms with van der Waals surface area (Å²) in [5.74, 6) is 1.57. The quantitative estimate of drug-likeness (QED) is 0.636. The molecule has 1 saturated heterocycles. The average Bonchev–Trinajstić information content (AvgIpc) is 2.64. The van der Waals surface area contributed by atoms with Crippen molar-refractivity contribution in [3.05, 3.63) is 0 Å². The molecule has 2 atom stereocenters. The van der Waals surface area contributed by atoms with Crippen molar-refractivity contribution in [3.63, 3.8) is 0 Å². The molecule has 68 valence electrons. The minimum Gasteiger partial charge on any atom is -0.396 e. The minimum atomic E-state index is 0.226. The summed E-state index contributed by atoms with van der Waals surface area (Å²) < 4.78 is 0. The van der Waals surface area contributed by atoms with Crippen LogP contribution < -0.4 is 0 Å². The normalized spacial score (nSPS) is 34.7. The van der Waals surface area contributed by atoms with Gasteiger partial charge in [0.1, 0.15) is 0 Å². The van der Waals surface area contributed by atoms with Crippen LogP contribution in [-0.2, 0) is 4.79 Å². The molecule has 3 nitrogen and oxygen atoms in total. The summed E-state index contributed by atoms with van der Waals surface area (Å²) in [6, 6.07) is 0. The van der Waals surface area contributed by atoms with Gasteiger partial charge in [-0.3, -0.25) is 4.79 Å². The molecule has 1 heterocycles. The first-order chi connectivity index (χ1) is 5.72. The molecule has 0 aromatic carbocycles. The van der Waals surface area contributed by atoms with Crippen LogP contribution in [0.4, 0.5) is 0 Å². The Bertz CT molecular complexity index is 199. The van der Waals surface area contributed by atoms with Gasteiger partial charge in [-0.1, -0.05) is 6.92 Å². The fraction of sp³-hybridized carbons (Fsp3) is 0.889. The zero-order chi connectivity index (χ0) is 8.72. The van der Waals surface area contributed by atoms with Crippen molar-refractivity contribution in [2.75, 3.05) is 19.7 Å². The van der Waals surface area contributed by atoms with E-state index in [-0.39, 0.29) is 6.61 Å². The standard InChI is InChI=1S/C9H15NO2/c1-6-2-8(6)9(12)10-3-7(4-10)5-11/h6-8,11H,2-5H2,1H3. The fourth-order valence-corrected chi connectivity index (χ4v) is 1.77. The Morgan fingerprint density at radius 1 is 1.58 bits per heavy atom. The van der Waals surface area contributed by atoms with Gasteiger partial charge < -0.3 is 10.0 Å². The molecule has 2 rings (SSSR count). The number of nitrogens with zero attached hydrogens (tertiary/aromatic N) is 1. The Labute approximate surface area is 72.4 Å². The maximum absolute atomic E-state index is 11.5. The number of carbonyl (C=O) groups excluding carboxylic acids is 1. The van der Waals surface area contributed by atoms with E-state index in [0.29, 0.717) is 23.7 Å². The van der Waals surface area contributed by atoms with Gasteiger partial charge in [0.05, 0.1) is 0 Å². The minimum absolute atomic E-state index is 0.226. The highest BCUT2D eigenvalue weighted by molar-refractivity contribution is 5.82. The molecule has 1 saturated carbocycles. The van der Waals surface area contributed by atoms with Gasteiger partial charge in [-0.05, 0) is 12.3 Å². The molecule has 0 aromatic heterocycles. The van der Waals surface area contributed by atoms with E-state index in [1.165, 1.54) is 0 Å². The highest BCUT2D eigenvalue weighted by atomic mass is 16.3. The van der Waals surface area contributed by atoms with Crippen LogP contribution in [-0.4, -0.2) is 35.6 Å². The summed E-state index contributed by atoms with van der Waals surface area (Å²) in [6.07, 6.45) is 1.07. The molecule has 1 amide bonds. The molecule has 3 heteroatoms. The Hall–Kier alpha value is -0.570. The summed E-state index contributed by atoms with van der Waals surface area (Å²) in [5, 5.41) is 8.75. The lowest BCUT2D eigenvalue weighted by Gasteiger charge is -2.38. The van der Waals surface area contributed by atoms with Gasteiger partial charge in [-0.2, -0.15) is 0 Å². The molecular weight excluding hydrogens is 154 g/mol. The van der Waals surface area contributed by atoms with Crippen molar-refractivity contribution in [1.82, 2.24) is 4.90 Å². The molecule has 1 aliphatic carbocycles. The summed E-state index contributed by atoms with van der Waals surface area (Å²) >= 11 is 0. The van der Waals surface area contributed by atoms with Crippen LogP contribution in [0.3, 0.4) is 0 Å². The molecule has 0 spiro atoms. The van der Waals surface area contributed by atoms with Gasteiger partial charge in [0.15, 0.2) is 0 Å². The lowest BCUT2D eigenvalue weighted by Crippen LogP contribution is -2.52. The fourth-order valence-electron chi connectivity index (χ4n) is 1.77. The van der Waals surface area contributed by atoms with Crippen molar-refractivity contribution in [2.45, 2.75) is 13.3 Å². The van der Waals surface area contributed by atoms with Crippen molar-refractivity contribution < 1.29 is 9.90 Å². The monoisotopic (exact) mass is 169 g/mol. The smallest absolute Gasteiger partial charge is 0.225 e. The van der Waals surface area contributed by atoms with Gasteiger partial charge >= 0.3 is 0 Å². The first-order valence-corrected chi connectivity index (χ1v) is 4.62. The third kappa shape index (κ3) is 1.22. The zero-order valence-electron chi connectivity index (χ0n) is 7.36. The van der Waals surface area contributed by atoms with Gasteiger partial charge in [-0.15, -0.1) is 0 Å². The molecule has 2 unspecified atom stereocenters. The van der Waals surface area contributed by atoms with Crippen molar-refractivity contribution >= 4 is 5.91 Å². The van der Waals surface area contributed by atoms with Crippen LogP contribution in [0.1, 0.15) is 13.3 Å². The van der Waals surface area contributed by atoms with Crippen LogP contribution in [0.2, 0.25) is 0 Å². The number of rotatable bonds is 2. The summed E-state index contributed by atoms with van der Waals surface area (Å²) in [7, 11) is 0. The van der Waals surface area contributed by atoms with E-state index in [9.17, 15) is 4.79 Å². The van der Waals surface area contributed by atoms with Gasteiger partial charge in [-0.25, -0.2) is 0 Å². The van der Waals surface area contributed by atoms with E-state index in [1.807, 2.05) is 4.90 Å². The van der Waals surface area contributed by atoms with Gasteiger partial charge in [0.2, 0.25) is 5.91 Å². The first kappa shape index (κ1) is 8.05. The van der Waals surface area contributed by atoms with E-state index in [0.717, 1.165) is 19.5 Å². The molecule has 1 aliphatic heterocycles. The molecule has 2 fully saturated rings. The maximum Gasteiger partial charge on any atom is 0.225 e. The predicted octanol–water partition coefficient (Wildman–Crippen LogP) is 0.0931. The predicted molar refractivity (Wildman–Crippen MR) is 44.4 cm³/mol. The van der Waals surface area contributed by atoms with Crippen LogP contribution >= 0.6 is 0 Å².